The van der Waals surface area contributed by atoms with Crippen LogP contribution in [0.25, 0.3) is 0 Å². The minimum atomic E-state index is -0.172. The second-order valence-corrected chi connectivity index (χ2v) is 4.94. The predicted octanol–water partition coefficient (Wildman–Crippen LogP) is 0.113. The molecule has 3 heteroatoms. The Bertz CT molecular complexity index is 110. The van der Waals surface area contributed by atoms with Crippen molar-refractivity contribution in [3.05, 3.63) is 0 Å². The van der Waals surface area contributed by atoms with E-state index in [1.807, 2.05) is 13.8 Å². The van der Waals surface area contributed by atoms with E-state index in [0.717, 1.165) is 16.7 Å². The van der Waals surface area contributed by atoms with Crippen LogP contribution in [-0.2, 0) is 9.53 Å². The molecule has 9 heavy (non-hydrogen) atoms. The van der Waals surface area contributed by atoms with Crippen LogP contribution < -0.4 is 0 Å². The second-order valence-electron chi connectivity index (χ2n) is 2.73. The summed E-state index contributed by atoms with van der Waals surface area (Å²) in [5.41, 5.74) is 0. The highest BCUT2D eigenvalue weighted by atomic mass is 28.1. The zero-order valence-electron chi connectivity index (χ0n) is 6.52. The SMILES string of the molecule is CCC(C)([SiH3])C(=O)OC. The summed E-state index contributed by atoms with van der Waals surface area (Å²) in [6.07, 6.45) is 0.881. The first-order valence-corrected chi connectivity index (χ1v) is 4.13. The van der Waals surface area contributed by atoms with Crippen molar-refractivity contribution in [2.45, 2.75) is 25.3 Å². The topological polar surface area (TPSA) is 26.3 Å². The van der Waals surface area contributed by atoms with Gasteiger partial charge in [-0.05, 0) is 6.42 Å². The zero-order valence-corrected chi connectivity index (χ0v) is 8.52. The molecule has 2 nitrogen and oxygen atoms in total. The maximum absolute atomic E-state index is 10.9. The van der Waals surface area contributed by atoms with Gasteiger partial charge in [0, 0.05) is 15.3 Å². The largest absolute Gasteiger partial charge is 0.469 e. The lowest BCUT2D eigenvalue weighted by molar-refractivity contribution is -0.143. The van der Waals surface area contributed by atoms with Crippen molar-refractivity contribution < 1.29 is 9.53 Å². The molecule has 0 aromatic rings. The summed E-state index contributed by atoms with van der Waals surface area (Å²) >= 11 is 0. The average molecular weight is 146 g/mol. The molecule has 1 atom stereocenters. The van der Waals surface area contributed by atoms with Gasteiger partial charge in [-0.15, -0.1) is 0 Å². The number of carbonyl (C=O) groups is 1. The first-order chi connectivity index (χ1) is 4.04. The van der Waals surface area contributed by atoms with Crippen molar-refractivity contribution in [3.63, 3.8) is 0 Å². The van der Waals surface area contributed by atoms with Gasteiger partial charge in [0.2, 0.25) is 0 Å². The Balaban J connectivity index is 3.97. The summed E-state index contributed by atoms with van der Waals surface area (Å²) in [7, 11) is 2.31. The molecule has 0 spiro atoms. The normalized spacial score (nSPS) is 16.8. The molecular formula is C6H14O2Si. The molecular weight excluding hydrogens is 132 g/mol. The Labute approximate surface area is 59.0 Å². The number of ether oxygens (including phenoxy) is 1. The number of hydrogen-bond donors (Lipinski definition) is 0. The molecule has 1 unspecified atom stereocenters. The minimum Gasteiger partial charge on any atom is -0.469 e. The van der Waals surface area contributed by atoms with Gasteiger partial charge in [-0.25, -0.2) is 0 Å². The molecule has 0 aromatic heterocycles. The van der Waals surface area contributed by atoms with Gasteiger partial charge < -0.3 is 4.74 Å². The maximum Gasteiger partial charge on any atom is 0.307 e. The molecule has 54 valence electrons. The highest BCUT2D eigenvalue weighted by molar-refractivity contribution is 6.26. The van der Waals surface area contributed by atoms with E-state index in [-0.39, 0.29) is 11.0 Å². The zero-order chi connectivity index (χ0) is 7.49. The Morgan fingerprint density at radius 2 is 2.22 bits per heavy atom. The van der Waals surface area contributed by atoms with Crippen LogP contribution in [0.15, 0.2) is 0 Å². The van der Waals surface area contributed by atoms with Gasteiger partial charge in [0.15, 0.2) is 0 Å². The smallest absolute Gasteiger partial charge is 0.307 e. The van der Waals surface area contributed by atoms with E-state index in [2.05, 4.69) is 4.74 Å². The van der Waals surface area contributed by atoms with Crippen LogP contribution in [0.4, 0.5) is 0 Å². The van der Waals surface area contributed by atoms with E-state index in [1.165, 1.54) is 7.11 Å². The van der Waals surface area contributed by atoms with Gasteiger partial charge in [-0.2, -0.15) is 0 Å². The van der Waals surface area contributed by atoms with Gasteiger partial charge >= 0.3 is 5.97 Å². The van der Waals surface area contributed by atoms with Crippen LogP contribution in [0.5, 0.6) is 0 Å². The molecule has 0 saturated carbocycles. The minimum absolute atomic E-state index is 0.0725. The third kappa shape index (κ3) is 2.18. The highest BCUT2D eigenvalue weighted by Gasteiger charge is 2.25. The quantitative estimate of drug-likeness (QED) is 0.408. The molecule has 0 aliphatic rings. The van der Waals surface area contributed by atoms with Crippen LogP contribution in [0.3, 0.4) is 0 Å². The van der Waals surface area contributed by atoms with Gasteiger partial charge in [0.25, 0.3) is 0 Å². The van der Waals surface area contributed by atoms with E-state index in [1.54, 1.807) is 0 Å². The second kappa shape index (κ2) is 3.01. The maximum atomic E-state index is 10.9. The van der Waals surface area contributed by atoms with Gasteiger partial charge in [-0.1, -0.05) is 13.8 Å². The van der Waals surface area contributed by atoms with Crippen molar-refractivity contribution in [1.82, 2.24) is 0 Å². The molecule has 0 radical (unpaired) electrons. The van der Waals surface area contributed by atoms with Crippen molar-refractivity contribution >= 4 is 16.2 Å². The van der Waals surface area contributed by atoms with E-state index < -0.39 is 0 Å². The summed E-state index contributed by atoms with van der Waals surface area (Å²) in [6, 6.07) is 0. The van der Waals surface area contributed by atoms with Crippen LogP contribution in [0.2, 0.25) is 5.04 Å². The molecule has 0 aromatic carbocycles. The number of carbonyl (C=O) groups excluding carboxylic acids is 1. The first kappa shape index (κ1) is 8.69. The van der Waals surface area contributed by atoms with E-state index >= 15 is 0 Å². The molecule has 0 amide bonds. The lowest BCUT2D eigenvalue weighted by Gasteiger charge is -2.18. The Hall–Kier alpha value is -0.313. The van der Waals surface area contributed by atoms with Crippen LogP contribution in [0, 0.1) is 0 Å². The van der Waals surface area contributed by atoms with E-state index in [9.17, 15) is 4.79 Å². The van der Waals surface area contributed by atoms with E-state index in [4.69, 9.17) is 0 Å². The molecule has 0 N–H and O–H groups in total. The van der Waals surface area contributed by atoms with Gasteiger partial charge in [0.05, 0.1) is 7.11 Å². The third-order valence-electron chi connectivity index (χ3n) is 1.62. The van der Waals surface area contributed by atoms with Gasteiger partial charge in [-0.3, -0.25) is 4.79 Å². The lowest BCUT2D eigenvalue weighted by atomic mass is 10.1. The van der Waals surface area contributed by atoms with Crippen LogP contribution in [-0.4, -0.2) is 23.3 Å². The third-order valence-corrected chi connectivity index (χ3v) is 2.74. The Morgan fingerprint density at radius 3 is 2.33 bits per heavy atom. The molecule has 0 rings (SSSR count). The predicted molar refractivity (Wildman–Crippen MR) is 40.6 cm³/mol. The highest BCUT2D eigenvalue weighted by Crippen LogP contribution is 2.25. The van der Waals surface area contributed by atoms with Crippen molar-refractivity contribution in [1.29, 1.82) is 0 Å². The molecule has 0 fully saturated rings. The monoisotopic (exact) mass is 146 g/mol. The van der Waals surface area contributed by atoms with Crippen molar-refractivity contribution in [3.8, 4) is 0 Å². The molecule has 0 aliphatic carbocycles. The average Bonchev–Trinajstić information content (AvgIpc) is 1.86. The number of hydrogen-bond acceptors (Lipinski definition) is 2. The summed E-state index contributed by atoms with van der Waals surface area (Å²) in [5, 5.41) is -0.172. The standard InChI is InChI=1S/C6H14O2Si/c1-4-6(2,9)5(7)8-3/h4H2,1-3,9H3. The van der Waals surface area contributed by atoms with Crippen molar-refractivity contribution in [2.24, 2.45) is 0 Å². The fourth-order valence-electron chi connectivity index (χ4n) is 0.421. The number of rotatable bonds is 2. The summed E-state index contributed by atoms with van der Waals surface area (Å²) < 4.78 is 4.60. The number of esters is 1. The van der Waals surface area contributed by atoms with Crippen LogP contribution >= 0.6 is 0 Å². The number of methoxy groups -OCH3 is 1. The van der Waals surface area contributed by atoms with Crippen LogP contribution in [0.1, 0.15) is 20.3 Å². The molecule has 0 saturated heterocycles. The summed E-state index contributed by atoms with van der Waals surface area (Å²) in [4.78, 5) is 10.9. The fraction of sp³-hybridized carbons (Fsp3) is 0.833. The summed E-state index contributed by atoms with van der Waals surface area (Å²) in [6.45, 7) is 3.94. The molecule has 0 aliphatic heterocycles. The van der Waals surface area contributed by atoms with Gasteiger partial charge in [0.1, 0.15) is 0 Å². The Kier molecular flexibility index (Phi) is 2.90. The molecule has 0 bridgehead atoms. The lowest BCUT2D eigenvalue weighted by Crippen LogP contribution is -2.21. The Morgan fingerprint density at radius 1 is 1.78 bits per heavy atom. The summed E-state index contributed by atoms with van der Waals surface area (Å²) in [5.74, 6) is -0.0725. The first-order valence-electron chi connectivity index (χ1n) is 3.13. The van der Waals surface area contributed by atoms with E-state index in [0.29, 0.717) is 0 Å². The fourth-order valence-corrected chi connectivity index (χ4v) is 0.625. The molecule has 0 heterocycles. The van der Waals surface area contributed by atoms with Crippen molar-refractivity contribution in [2.75, 3.05) is 7.11 Å².